The highest BCUT2D eigenvalue weighted by Crippen LogP contribution is 2.64. The molecule has 1 heteroatoms. The smallest absolute Gasteiger partial charge is 0.0726 e. The topological polar surface area (TPSA) is 3.24 Å². The van der Waals surface area contributed by atoms with Crippen LogP contribution in [-0.4, -0.2) is 0 Å². The predicted molar refractivity (Wildman–Crippen MR) is 287 cm³/mol. The molecule has 0 bridgehead atoms. The Hall–Kier alpha value is -8.78. The number of hydrogen-bond donors (Lipinski definition) is 0. The van der Waals surface area contributed by atoms with Crippen molar-refractivity contribution < 1.29 is 0 Å². The summed E-state index contributed by atoms with van der Waals surface area (Å²) in [5, 5.41) is 7.51. The molecule has 0 radical (unpaired) electrons. The molecule has 0 fully saturated rings. The first kappa shape index (κ1) is 38.3. The van der Waals surface area contributed by atoms with Crippen LogP contribution in [0.15, 0.2) is 261 Å². The number of nitrogens with zero attached hydrogens (tertiary/aromatic N) is 1. The summed E-state index contributed by atoms with van der Waals surface area (Å²) in [5.41, 5.74) is 20.5. The Bertz CT molecular complexity index is 3840. The van der Waals surface area contributed by atoms with E-state index in [1.807, 2.05) is 0 Å². The lowest BCUT2D eigenvalue weighted by Crippen LogP contribution is -2.28. The van der Waals surface area contributed by atoms with E-state index in [0.29, 0.717) is 0 Å². The van der Waals surface area contributed by atoms with Gasteiger partial charge in [0, 0.05) is 16.8 Å². The molecule has 0 N–H and O–H groups in total. The maximum absolute atomic E-state index is 2.58. The van der Waals surface area contributed by atoms with E-state index in [0.717, 1.165) is 17.1 Å². The van der Waals surface area contributed by atoms with Crippen LogP contribution in [0.2, 0.25) is 0 Å². The van der Waals surface area contributed by atoms with Crippen molar-refractivity contribution in [1.82, 2.24) is 0 Å². The van der Waals surface area contributed by atoms with E-state index >= 15 is 0 Å². The van der Waals surface area contributed by atoms with Crippen molar-refractivity contribution >= 4 is 49.4 Å². The molecule has 69 heavy (non-hydrogen) atoms. The Morgan fingerprint density at radius 3 is 1.03 bits per heavy atom. The third-order valence-corrected chi connectivity index (χ3v) is 15.9. The Kier molecular flexibility index (Phi) is 7.98. The summed E-state index contributed by atoms with van der Waals surface area (Å²) in [4.78, 5) is 2.58. The number of anilines is 3. The Balaban J connectivity index is 1.07. The molecule has 0 atom stereocenters. The maximum Gasteiger partial charge on any atom is 0.0726 e. The SMILES string of the molecule is c1ccc(C2(c3ccccc3)c3ccccc3-c3ccc(N(c4ccc5c(c4)C4(c6ccccc6-c6ccccc64)c4ccccc4-5)c4cccc5c6ccccc6c6ccccc6c45)cc32)cc1. The van der Waals surface area contributed by atoms with Crippen LogP contribution < -0.4 is 4.90 Å². The highest BCUT2D eigenvalue weighted by Gasteiger charge is 2.52. The molecule has 0 amide bonds. The first-order valence-corrected chi connectivity index (χ1v) is 24.2. The van der Waals surface area contributed by atoms with Crippen LogP contribution in [0.3, 0.4) is 0 Å². The molecular formula is C68H43N. The fourth-order valence-corrected chi connectivity index (χ4v) is 13.3. The van der Waals surface area contributed by atoms with Crippen molar-refractivity contribution in [3.05, 3.63) is 305 Å². The first-order chi connectivity index (χ1) is 34.3. The van der Waals surface area contributed by atoms with Gasteiger partial charge in [-0.15, -0.1) is 0 Å². The van der Waals surface area contributed by atoms with Gasteiger partial charge in [0.15, 0.2) is 0 Å². The molecule has 0 unspecified atom stereocenters. The van der Waals surface area contributed by atoms with Crippen molar-refractivity contribution in [3.63, 3.8) is 0 Å². The van der Waals surface area contributed by atoms with Crippen molar-refractivity contribution in [2.24, 2.45) is 0 Å². The third-order valence-electron chi connectivity index (χ3n) is 15.9. The minimum atomic E-state index is -0.557. The maximum atomic E-state index is 2.58. The highest BCUT2D eigenvalue weighted by molar-refractivity contribution is 6.28. The summed E-state index contributed by atoms with van der Waals surface area (Å²) in [6.45, 7) is 0. The van der Waals surface area contributed by atoms with Gasteiger partial charge in [0.05, 0.1) is 16.5 Å². The molecule has 0 saturated heterocycles. The summed E-state index contributed by atoms with van der Waals surface area (Å²) in [7, 11) is 0. The Morgan fingerprint density at radius 1 is 0.232 bits per heavy atom. The summed E-state index contributed by atoms with van der Waals surface area (Å²) in [6, 6.07) is 98.2. The van der Waals surface area contributed by atoms with Crippen LogP contribution in [0.25, 0.3) is 65.7 Å². The van der Waals surface area contributed by atoms with Gasteiger partial charge < -0.3 is 4.90 Å². The summed E-state index contributed by atoms with van der Waals surface area (Å²) < 4.78 is 0. The predicted octanol–water partition coefficient (Wildman–Crippen LogP) is 17.3. The van der Waals surface area contributed by atoms with E-state index < -0.39 is 10.8 Å². The van der Waals surface area contributed by atoms with E-state index in [-0.39, 0.29) is 0 Å². The van der Waals surface area contributed by atoms with Gasteiger partial charge in [-0.2, -0.15) is 0 Å². The normalized spacial score (nSPS) is 14.0. The molecule has 0 aromatic heterocycles. The molecule has 15 rings (SSSR count). The molecule has 0 aliphatic heterocycles. The molecule has 3 aliphatic carbocycles. The molecule has 3 aliphatic rings. The molecule has 12 aromatic rings. The lowest BCUT2D eigenvalue weighted by molar-refractivity contribution is 0.768. The van der Waals surface area contributed by atoms with Gasteiger partial charge in [-0.05, 0) is 135 Å². The molecule has 12 aromatic carbocycles. The lowest BCUT2D eigenvalue weighted by Gasteiger charge is -2.35. The van der Waals surface area contributed by atoms with Gasteiger partial charge in [-0.25, -0.2) is 0 Å². The van der Waals surface area contributed by atoms with Crippen LogP contribution in [0.4, 0.5) is 17.1 Å². The van der Waals surface area contributed by atoms with E-state index in [2.05, 4.69) is 266 Å². The van der Waals surface area contributed by atoms with E-state index in [1.165, 1.54) is 110 Å². The zero-order chi connectivity index (χ0) is 45.3. The van der Waals surface area contributed by atoms with Crippen molar-refractivity contribution in [3.8, 4) is 33.4 Å². The fraction of sp³-hybridized carbons (Fsp3) is 0.0294. The fourth-order valence-electron chi connectivity index (χ4n) is 13.3. The van der Waals surface area contributed by atoms with Crippen molar-refractivity contribution in [2.75, 3.05) is 4.90 Å². The molecule has 0 saturated carbocycles. The second-order valence-electron chi connectivity index (χ2n) is 19.0. The average molecular weight is 874 g/mol. The third kappa shape index (κ3) is 4.98. The van der Waals surface area contributed by atoms with Gasteiger partial charge in [0.1, 0.15) is 0 Å². The summed E-state index contributed by atoms with van der Waals surface area (Å²) >= 11 is 0. The number of fused-ring (bicyclic) bond motifs is 19. The van der Waals surface area contributed by atoms with Crippen LogP contribution in [0.5, 0.6) is 0 Å². The second kappa shape index (κ2) is 14.4. The Labute approximate surface area is 401 Å². The minimum absolute atomic E-state index is 0.488. The lowest BCUT2D eigenvalue weighted by atomic mass is 9.67. The minimum Gasteiger partial charge on any atom is -0.310 e. The Morgan fingerprint density at radius 2 is 0.565 bits per heavy atom. The summed E-state index contributed by atoms with van der Waals surface area (Å²) in [5.74, 6) is 0. The standard InChI is InChI=1S/C68H43N/c1-3-20-44(21-4-1)67(45-22-5-2-6-23-45)59-33-15-11-29-53(59)55-40-38-46(42-63(55)67)69(65-37-19-32-58-50-25-8-7-24-48(50)49-26-9-10-31-57(49)66(58)65)47-39-41-56-54-30-14-18-36-62(54)68(64(56)43-47)60-34-16-12-27-51(60)52-28-13-17-35-61(52)68/h1-43H. The number of hydrogen-bond acceptors (Lipinski definition) is 1. The summed E-state index contributed by atoms with van der Waals surface area (Å²) in [6.07, 6.45) is 0. The van der Waals surface area contributed by atoms with Crippen LogP contribution in [0.1, 0.15) is 44.5 Å². The zero-order valence-corrected chi connectivity index (χ0v) is 37.8. The van der Waals surface area contributed by atoms with Crippen molar-refractivity contribution in [1.29, 1.82) is 0 Å². The van der Waals surface area contributed by atoms with Gasteiger partial charge in [-0.3, -0.25) is 0 Å². The molecule has 0 heterocycles. The van der Waals surface area contributed by atoms with Gasteiger partial charge >= 0.3 is 0 Å². The number of rotatable bonds is 5. The second-order valence-corrected chi connectivity index (χ2v) is 19.0. The average Bonchev–Trinajstić information content (AvgIpc) is 4.01. The van der Waals surface area contributed by atoms with Crippen LogP contribution in [0, 0.1) is 0 Å². The molecule has 1 spiro atoms. The largest absolute Gasteiger partial charge is 0.310 e. The van der Waals surface area contributed by atoms with Crippen molar-refractivity contribution in [2.45, 2.75) is 10.8 Å². The quantitative estimate of drug-likeness (QED) is 0.156. The molecular weight excluding hydrogens is 831 g/mol. The van der Waals surface area contributed by atoms with Gasteiger partial charge in [0.2, 0.25) is 0 Å². The highest BCUT2D eigenvalue weighted by atomic mass is 15.1. The first-order valence-electron chi connectivity index (χ1n) is 24.2. The van der Waals surface area contributed by atoms with E-state index in [9.17, 15) is 0 Å². The van der Waals surface area contributed by atoms with E-state index in [1.54, 1.807) is 0 Å². The number of benzene rings is 12. The van der Waals surface area contributed by atoms with Gasteiger partial charge in [-0.1, -0.05) is 231 Å². The van der Waals surface area contributed by atoms with Gasteiger partial charge in [0.25, 0.3) is 0 Å². The molecule has 1 nitrogen and oxygen atoms in total. The monoisotopic (exact) mass is 873 g/mol. The molecule has 320 valence electrons. The zero-order valence-electron chi connectivity index (χ0n) is 37.8. The van der Waals surface area contributed by atoms with Crippen LogP contribution in [-0.2, 0) is 10.8 Å². The van der Waals surface area contributed by atoms with E-state index in [4.69, 9.17) is 0 Å². The van der Waals surface area contributed by atoms with Crippen LogP contribution >= 0.6 is 0 Å².